The lowest BCUT2D eigenvalue weighted by atomic mass is 9.80. The van der Waals surface area contributed by atoms with E-state index in [-0.39, 0.29) is 16.2 Å². The van der Waals surface area contributed by atoms with Crippen molar-refractivity contribution in [2.75, 3.05) is 4.90 Å². The van der Waals surface area contributed by atoms with Crippen LogP contribution in [-0.4, -0.2) is 0 Å². The Morgan fingerprint density at radius 1 is 0.288 bits per heavy atom. The lowest BCUT2D eigenvalue weighted by Crippen LogP contribution is -2.19. The molecule has 0 heterocycles. The van der Waals surface area contributed by atoms with Crippen LogP contribution in [0.25, 0.3) is 68.3 Å². The van der Waals surface area contributed by atoms with Gasteiger partial charge in [0.1, 0.15) is 0 Å². The van der Waals surface area contributed by atoms with Crippen LogP contribution in [0.4, 0.5) is 17.1 Å². The molecule has 0 saturated carbocycles. The van der Waals surface area contributed by atoms with E-state index in [4.69, 9.17) is 0 Å². The zero-order chi connectivity index (χ0) is 49.1. The minimum atomic E-state index is -0.195. The van der Waals surface area contributed by atoms with Gasteiger partial charge in [0, 0.05) is 33.3 Å². The van der Waals surface area contributed by atoms with Crippen molar-refractivity contribution in [2.24, 2.45) is 0 Å². The third-order valence-electron chi connectivity index (χ3n) is 18.2. The van der Waals surface area contributed by atoms with Gasteiger partial charge in [-0.1, -0.05) is 187 Å². The minimum Gasteiger partial charge on any atom is -0.310 e. The van der Waals surface area contributed by atoms with Gasteiger partial charge in [0.2, 0.25) is 0 Å². The fourth-order valence-corrected chi connectivity index (χ4v) is 14.0. The van der Waals surface area contributed by atoms with Crippen molar-refractivity contribution in [3.8, 4) is 33.4 Å². The molecule has 73 heavy (non-hydrogen) atoms. The van der Waals surface area contributed by atoms with Crippen LogP contribution in [0, 0.1) is 0 Å². The molecule has 0 spiro atoms. The molecule has 0 radical (unpaired) electrons. The van der Waals surface area contributed by atoms with Gasteiger partial charge >= 0.3 is 0 Å². The largest absolute Gasteiger partial charge is 0.310 e. The van der Waals surface area contributed by atoms with Crippen LogP contribution < -0.4 is 4.90 Å². The first-order chi connectivity index (χ1) is 35.4. The average molecular weight is 936 g/mol. The standard InChI is InChI=1S/C72H57N/c1-70(2)64-37-49(52-31-43-13-7-8-14-44(43)32-52)19-25-58(64)61-28-22-55(40-67(61)70)73(56-23-29-62-59-26-20-50(38-65(59)71(3,4)68(62)41-56)53-33-45-15-9-10-16-46(45)34-53)57-24-30-63-60-27-21-51(39-66(60)72(5,6)69(63)42-57)54-35-47-17-11-12-18-48(47)36-54/h7-31,33,35,37-42H,32,34,36H2,1-6H3. The second-order valence-corrected chi connectivity index (χ2v) is 23.3. The van der Waals surface area contributed by atoms with Crippen LogP contribution in [0.15, 0.2) is 182 Å². The summed E-state index contributed by atoms with van der Waals surface area (Å²) < 4.78 is 0. The third kappa shape index (κ3) is 6.21. The smallest absolute Gasteiger partial charge is 0.0465 e. The summed E-state index contributed by atoms with van der Waals surface area (Å²) in [6.45, 7) is 14.6. The number of hydrogen-bond acceptors (Lipinski definition) is 1. The van der Waals surface area contributed by atoms with Crippen molar-refractivity contribution >= 4 is 52.0 Å². The van der Waals surface area contributed by atoms with Crippen LogP contribution in [-0.2, 0) is 35.5 Å². The molecule has 0 amide bonds. The van der Waals surface area contributed by atoms with Gasteiger partial charge in [-0.3, -0.25) is 0 Å². The van der Waals surface area contributed by atoms with Gasteiger partial charge in [0.05, 0.1) is 0 Å². The Morgan fingerprint density at radius 2 is 0.548 bits per heavy atom. The molecule has 0 N–H and O–H groups in total. The zero-order valence-electron chi connectivity index (χ0n) is 42.6. The monoisotopic (exact) mass is 935 g/mol. The van der Waals surface area contributed by atoms with Gasteiger partial charge in [-0.15, -0.1) is 0 Å². The molecule has 15 rings (SSSR count). The molecule has 1 heteroatoms. The topological polar surface area (TPSA) is 3.24 Å². The summed E-state index contributed by atoms with van der Waals surface area (Å²) in [6.07, 6.45) is 10.1. The molecule has 6 aliphatic rings. The van der Waals surface area contributed by atoms with Crippen molar-refractivity contribution < 1.29 is 0 Å². The average Bonchev–Trinajstić information content (AvgIpc) is 4.26. The zero-order valence-corrected chi connectivity index (χ0v) is 42.6. The van der Waals surface area contributed by atoms with Crippen LogP contribution in [0.5, 0.6) is 0 Å². The lowest BCUT2D eigenvalue weighted by Gasteiger charge is -2.31. The molecular weight excluding hydrogens is 879 g/mol. The molecule has 0 unspecified atom stereocenters. The molecule has 0 atom stereocenters. The maximum atomic E-state index is 2.56. The lowest BCUT2D eigenvalue weighted by molar-refractivity contribution is 0.659. The number of fused-ring (bicyclic) bond motifs is 12. The maximum absolute atomic E-state index is 2.56. The first-order valence-corrected chi connectivity index (χ1v) is 26.4. The first-order valence-electron chi connectivity index (χ1n) is 26.4. The summed E-state index contributed by atoms with van der Waals surface area (Å²) in [5.41, 5.74) is 35.8. The number of benzene rings is 9. The number of rotatable bonds is 6. The highest BCUT2D eigenvalue weighted by atomic mass is 15.1. The molecular formula is C72H57N. The van der Waals surface area contributed by atoms with Crippen LogP contribution in [0.3, 0.4) is 0 Å². The van der Waals surface area contributed by atoms with Crippen molar-refractivity contribution in [1.82, 2.24) is 0 Å². The van der Waals surface area contributed by atoms with Crippen LogP contribution in [0.2, 0.25) is 0 Å². The highest BCUT2D eigenvalue weighted by Gasteiger charge is 2.40. The quantitative estimate of drug-likeness (QED) is 0.161. The van der Waals surface area contributed by atoms with Crippen LogP contribution >= 0.6 is 0 Å². The summed E-state index contributed by atoms with van der Waals surface area (Å²) in [6, 6.07) is 70.1. The van der Waals surface area contributed by atoms with Crippen LogP contribution in [0.1, 0.15) is 125 Å². The second-order valence-electron chi connectivity index (χ2n) is 23.3. The van der Waals surface area contributed by atoms with E-state index in [0.29, 0.717) is 0 Å². The van der Waals surface area contributed by atoms with E-state index in [2.05, 4.69) is 247 Å². The molecule has 0 aromatic heterocycles. The molecule has 350 valence electrons. The van der Waals surface area contributed by atoms with Gasteiger partial charge in [-0.2, -0.15) is 0 Å². The van der Waals surface area contributed by atoms with Crippen molar-refractivity contribution in [3.05, 3.63) is 265 Å². The molecule has 9 aromatic rings. The van der Waals surface area contributed by atoms with Gasteiger partial charge in [-0.05, 0) is 207 Å². The van der Waals surface area contributed by atoms with E-state index in [0.717, 1.165) is 19.3 Å². The van der Waals surface area contributed by atoms with E-state index >= 15 is 0 Å². The number of anilines is 3. The van der Waals surface area contributed by atoms with E-state index in [1.807, 2.05) is 0 Å². The summed E-state index contributed by atoms with van der Waals surface area (Å²) >= 11 is 0. The molecule has 0 aliphatic heterocycles. The summed E-state index contributed by atoms with van der Waals surface area (Å²) in [7, 11) is 0. The maximum Gasteiger partial charge on any atom is 0.0465 e. The predicted molar refractivity (Wildman–Crippen MR) is 308 cm³/mol. The second kappa shape index (κ2) is 15.0. The molecule has 1 nitrogen and oxygen atoms in total. The number of nitrogens with zero attached hydrogens (tertiary/aromatic N) is 1. The Balaban J connectivity index is 0.837. The van der Waals surface area contributed by atoms with Crippen molar-refractivity contribution in [1.29, 1.82) is 0 Å². The molecule has 0 bridgehead atoms. The first kappa shape index (κ1) is 42.7. The highest BCUT2D eigenvalue weighted by Crippen LogP contribution is 2.56. The predicted octanol–water partition coefficient (Wildman–Crippen LogP) is 18.4. The molecule has 9 aromatic carbocycles. The van der Waals surface area contributed by atoms with E-state index in [1.54, 1.807) is 0 Å². The molecule has 6 aliphatic carbocycles. The van der Waals surface area contributed by atoms with Gasteiger partial charge in [-0.25, -0.2) is 0 Å². The van der Waals surface area contributed by atoms with E-state index in [9.17, 15) is 0 Å². The number of hydrogen-bond donors (Lipinski definition) is 0. The van der Waals surface area contributed by atoms with Gasteiger partial charge in [0.15, 0.2) is 0 Å². The van der Waals surface area contributed by atoms with Gasteiger partial charge in [0.25, 0.3) is 0 Å². The minimum absolute atomic E-state index is 0.195. The van der Waals surface area contributed by atoms with E-state index in [1.165, 1.54) is 151 Å². The Labute approximate surface area is 430 Å². The summed E-state index contributed by atoms with van der Waals surface area (Å²) in [4.78, 5) is 2.56. The fourth-order valence-electron chi connectivity index (χ4n) is 14.0. The Bertz CT molecular complexity index is 3610. The Kier molecular flexibility index (Phi) is 8.78. The fraction of sp³-hybridized carbons (Fsp3) is 0.167. The van der Waals surface area contributed by atoms with Crippen molar-refractivity contribution in [2.45, 2.75) is 77.0 Å². The highest BCUT2D eigenvalue weighted by molar-refractivity contribution is 5.96. The van der Waals surface area contributed by atoms with Crippen molar-refractivity contribution in [3.63, 3.8) is 0 Å². The molecule has 0 saturated heterocycles. The normalized spacial score (nSPS) is 16.8. The molecule has 0 fully saturated rings. The Morgan fingerprint density at radius 3 is 0.836 bits per heavy atom. The SMILES string of the molecule is CC1(C)c2cc(C3=Cc4ccccc4C3)ccc2-c2ccc(N(c3ccc4c(c3)C(C)(C)c3cc(C5=Cc6ccccc6C5)ccc3-4)c3ccc4c(c3)C(C)(C)c3cc(C5=Cc6ccccc6C5)ccc3-4)cc21. The summed E-state index contributed by atoms with van der Waals surface area (Å²) in [5.74, 6) is 0. The van der Waals surface area contributed by atoms with Gasteiger partial charge < -0.3 is 4.90 Å². The third-order valence-corrected chi connectivity index (χ3v) is 18.2. The van der Waals surface area contributed by atoms with E-state index < -0.39 is 0 Å². The Hall–Kier alpha value is -8.00. The number of allylic oxidation sites excluding steroid dienone is 3. The summed E-state index contributed by atoms with van der Waals surface area (Å²) in [5, 5.41) is 0.